The van der Waals surface area contributed by atoms with Crippen LogP contribution in [0.4, 0.5) is 4.39 Å². The molecule has 1 aromatic heterocycles. The van der Waals surface area contributed by atoms with Crippen molar-refractivity contribution in [1.82, 2.24) is 20.1 Å². The third-order valence-electron chi connectivity index (χ3n) is 6.76. The van der Waals surface area contributed by atoms with Crippen molar-refractivity contribution >= 4 is 22.7 Å². The number of H-pyrrole nitrogens is 1. The van der Waals surface area contributed by atoms with Crippen LogP contribution in [0.3, 0.4) is 0 Å². The minimum atomic E-state index is -0.317. The molecule has 2 amide bonds. The number of benzene rings is 1. The molecule has 0 spiro atoms. The lowest BCUT2D eigenvalue weighted by Gasteiger charge is -2.45. The average molecular weight is 415 g/mol. The molecule has 7 heteroatoms. The number of piperazine rings is 1. The van der Waals surface area contributed by atoms with Gasteiger partial charge in [-0.25, -0.2) is 4.39 Å². The molecule has 6 nitrogen and oxygen atoms in total. The lowest BCUT2D eigenvalue weighted by molar-refractivity contribution is -0.133. The number of carbonyl (C=O) groups excluding carboxylic acids is 2. The Morgan fingerprint density at radius 1 is 1.23 bits per heavy atom. The van der Waals surface area contributed by atoms with E-state index in [9.17, 15) is 14.0 Å². The molecule has 162 valence electrons. The number of rotatable bonds is 3. The van der Waals surface area contributed by atoms with Gasteiger partial charge in [0.25, 0.3) is 5.91 Å². The minimum absolute atomic E-state index is 0.106. The fraction of sp³-hybridized carbons (Fsp3) is 0.565. The molecule has 2 aliphatic rings. The summed E-state index contributed by atoms with van der Waals surface area (Å²) in [5.74, 6) is -0.353. The van der Waals surface area contributed by atoms with Crippen LogP contribution in [0.1, 0.15) is 55.6 Å². The van der Waals surface area contributed by atoms with Gasteiger partial charge >= 0.3 is 0 Å². The summed E-state index contributed by atoms with van der Waals surface area (Å²) in [5, 5.41) is 3.62. The van der Waals surface area contributed by atoms with Gasteiger partial charge in [-0.2, -0.15) is 0 Å². The van der Waals surface area contributed by atoms with Gasteiger partial charge in [-0.3, -0.25) is 14.5 Å². The summed E-state index contributed by atoms with van der Waals surface area (Å²) >= 11 is 0. The molecule has 2 aromatic rings. The number of nitrogens with one attached hydrogen (secondary N) is 2. The average Bonchev–Trinajstić information content (AvgIpc) is 3.18. The van der Waals surface area contributed by atoms with Gasteiger partial charge < -0.3 is 15.2 Å². The Hall–Kier alpha value is -2.41. The highest BCUT2D eigenvalue weighted by Crippen LogP contribution is 2.27. The lowest BCUT2D eigenvalue weighted by Crippen LogP contribution is -2.57. The molecule has 30 heavy (non-hydrogen) atoms. The predicted octanol–water partition coefficient (Wildman–Crippen LogP) is 3.21. The second-order valence-electron chi connectivity index (χ2n) is 8.88. The molecular weight excluding hydrogens is 383 g/mol. The molecule has 3 atom stereocenters. The van der Waals surface area contributed by atoms with Crippen LogP contribution < -0.4 is 5.32 Å². The summed E-state index contributed by atoms with van der Waals surface area (Å²) in [5.41, 5.74) is 2.00. The zero-order valence-electron chi connectivity index (χ0n) is 18.0. The number of halogens is 1. The zero-order valence-corrected chi connectivity index (χ0v) is 18.0. The number of nitrogens with zero attached hydrogens (tertiary/aromatic N) is 2. The van der Waals surface area contributed by atoms with Crippen LogP contribution in [-0.2, 0) is 4.79 Å². The molecule has 0 radical (unpaired) electrons. The van der Waals surface area contributed by atoms with E-state index < -0.39 is 0 Å². The van der Waals surface area contributed by atoms with Crippen molar-refractivity contribution in [3.05, 3.63) is 35.3 Å². The second kappa shape index (κ2) is 8.38. The van der Waals surface area contributed by atoms with Crippen molar-refractivity contribution in [2.75, 3.05) is 19.6 Å². The van der Waals surface area contributed by atoms with Crippen LogP contribution in [0.5, 0.6) is 0 Å². The molecule has 2 fully saturated rings. The fourth-order valence-electron chi connectivity index (χ4n) is 5.12. The van der Waals surface area contributed by atoms with Crippen LogP contribution in [0, 0.1) is 12.7 Å². The largest absolute Gasteiger partial charge is 0.350 e. The van der Waals surface area contributed by atoms with E-state index >= 15 is 0 Å². The van der Waals surface area contributed by atoms with Gasteiger partial charge in [0.2, 0.25) is 5.91 Å². The van der Waals surface area contributed by atoms with Crippen molar-refractivity contribution in [1.29, 1.82) is 0 Å². The van der Waals surface area contributed by atoms with Crippen molar-refractivity contribution in [3.63, 3.8) is 0 Å². The van der Waals surface area contributed by atoms with Gasteiger partial charge in [-0.15, -0.1) is 0 Å². The molecule has 4 rings (SSSR count). The molecule has 2 heterocycles. The van der Waals surface area contributed by atoms with Gasteiger partial charge in [0, 0.05) is 50.1 Å². The smallest absolute Gasteiger partial charge is 0.267 e. The summed E-state index contributed by atoms with van der Waals surface area (Å²) in [4.78, 5) is 32.1. The molecule has 1 aromatic carbocycles. The molecule has 1 saturated carbocycles. The van der Waals surface area contributed by atoms with E-state index in [1.165, 1.54) is 6.07 Å². The Balaban J connectivity index is 1.40. The highest BCUT2D eigenvalue weighted by atomic mass is 19.1. The third-order valence-corrected chi connectivity index (χ3v) is 6.76. The molecule has 0 bridgehead atoms. The maximum Gasteiger partial charge on any atom is 0.267 e. The van der Waals surface area contributed by atoms with E-state index in [4.69, 9.17) is 0 Å². The zero-order chi connectivity index (χ0) is 21.4. The quantitative estimate of drug-likeness (QED) is 0.810. The molecular formula is C23H31FN4O2. The third kappa shape index (κ3) is 4.08. The standard InChI is InChI=1S/C23H31FN4O2/c1-14-7-8-20(24)19-12-21(26-22(14)19)23(30)25-17-5-4-6-18(11-17)27-9-10-28(16(3)29)15(2)13-27/h7-8,12,15,17-18,26H,4-6,9-11,13H2,1-3H3,(H,25,30)/t15-,17-,18+/m1/s1. The van der Waals surface area contributed by atoms with E-state index in [1.54, 1.807) is 19.1 Å². The number of fused-ring (bicyclic) bond motifs is 1. The maximum absolute atomic E-state index is 14.1. The number of amides is 2. The topological polar surface area (TPSA) is 68.4 Å². The van der Waals surface area contributed by atoms with Crippen molar-refractivity contribution in [2.24, 2.45) is 0 Å². The van der Waals surface area contributed by atoms with Gasteiger partial charge in [0.15, 0.2) is 0 Å². The Bertz CT molecular complexity index is 917. The Kier molecular flexibility index (Phi) is 5.82. The number of hydrogen-bond donors (Lipinski definition) is 2. The van der Waals surface area contributed by atoms with Crippen LogP contribution in [0.15, 0.2) is 18.2 Å². The Labute approximate surface area is 176 Å². The van der Waals surface area contributed by atoms with Crippen LogP contribution in [0.25, 0.3) is 10.9 Å². The molecule has 1 saturated heterocycles. The normalized spacial score (nSPS) is 25.5. The summed E-state index contributed by atoms with van der Waals surface area (Å²) in [7, 11) is 0. The Morgan fingerprint density at radius 3 is 2.73 bits per heavy atom. The maximum atomic E-state index is 14.1. The molecule has 0 unspecified atom stereocenters. The predicted molar refractivity (Wildman–Crippen MR) is 115 cm³/mol. The van der Waals surface area contributed by atoms with Crippen LogP contribution in [-0.4, -0.2) is 64.4 Å². The first kappa shape index (κ1) is 20.8. The summed E-state index contributed by atoms with van der Waals surface area (Å²) < 4.78 is 14.1. The molecule has 2 N–H and O–H groups in total. The van der Waals surface area contributed by atoms with Crippen molar-refractivity contribution in [2.45, 2.75) is 64.6 Å². The number of aromatic amines is 1. The van der Waals surface area contributed by atoms with Crippen LogP contribution in [0.2, 0.25) is 0 Å². The number of carbonyl (C=O) groups is 2. The minimum Gasteiger partial charge on any atom is -0.350 e. The second-order valence-corrected chi connectivity index (χ2v) is 8.88. The van der Waals surface area contributed by atoms with Crippen molar-refractivity contribution in [3.8, 4) is 0 Å². The van der Waals surface area contributed by atoms with E-state index in [-0.39, 0.29) is 29.7 Å². The Morgan fingerprint density at radius 2 is 2.03 bits per heavy atom. The molecule has 1 aliphatic heterocycles. The summed E-state index contributed by atoms with van der Waals surface area (Å²) in [6, 6.07) is 5.50. The van der Waals surface area contributed by atoms with Gasteiger partial charge in [0.05, 0.1) is 5.52 Å². The summed E-state index contributed by atoms with van der Waals surface area (Å²) in [6.45, 7) is 8.17. The van der Waals surface area contributed by atoms with Crippen LogP contribution >= 0.6 is 0 Å². The first-order valence-electron chi connectivity index (χ1n) is 10.9. The number of aryl methyl sites for hydroxylation is 1. The fourth-order valence-corrected chi connectivity index (χ4v) is 5.12. The van der Waals surface area contributed by atoms with E-state index in [0.29, 0.717) is 22.6 Å². The van der Waals surface area contributed by atoms with Gasteiger partial charge in [0.1, 0.15) is 11.5 Å². The number of hydrogen-bond acceptors (Lipinski definition) is 3. The SMILES string of the molecule is CC(=O)N1CCN([C@H]2CCC[C@@H](NC(=O)c3cc4c(F)ccc(C)c4[nH]3)C2)C[C@H]1C. The van der Waals surface area contributed by atoms with Gasteiger partial charge in [-0.05, 0) is 57.2 Å². The van der Waals surface area contributed by atoms with E-state index in [2.05, 4.69) is 22.1 Å². The first-order valence-corrected chi connectivity index (χ1v) is 10.9. The number of aromatic nitrogens is 1. The monoisotopic (exact) mass is 414 g/mol. The molecule has 1 aliphatic carbocycles. The summed E-state index contributed by atoms with van der Waals surface area (Å²) in [6.07, 6.45) is 4.05. The van der Waals surface area contributed by atoms with Crippen molar-refractivity contribution < 1.29 is 14.0 Å². The van der Waals surface area contributed by atoms with E-state index in [1.807, 2.05) is 11.8 Å². The van der Waals surface area contributed by atoms with E-state index in [0.717, 1.165) is 50.9 Å². The first-order chi connectivity index (χ1) is 14.3. The highest BCUT2D eigenvalue weighted by molar-refractivity contribution is 5.99. The van der Waals surface area contributed by atoms with Gasteiger partial charge in [-0.1, -0.05) is 6.07 Å². The highest BCUT2D eigenvalue weighted by Gasteiger charge is 2.33. The lowest BCUT2D eigenvalue weighted by atomic mass is 9.89.